The van der Waals surface area contributed by atoms with Crippen molar-refractivity contribution in [1.82, 2.24) is 0 Å². The molecule has 0 spiro atoms. The molecular formula is C16H17BrN2O2. The van der Waals surface area contributed by atoms with Crippen LogP contribution in [0.25, 0.3) is 0 Å². The lowest BCUT2D eigenvalue weighted by Gasteiger charge is -2.14. The molecule has 4 nitrogen and oxygen atoms in total. The molecule has 0 saturated heterocycles. The van der Waals surface area contributed by atoms with Gasteiger partial charge < -0.3 is 15.7 Å². The highest BCUT2D eigenvalue weighted by Gasteiger charge is 2.07. The quantitative estimate of drug-likeness (QED) is 0.774. The van der Waals surface area contributed by atoms with Crippen molar-refractivity contribution in [2.75, 3.05) is 17.2 Å². The van der Waals surface area contributed by atoms with Gasteiger partial charge in [-0.1, -0.05) is 28.1 Å². The molecule has 2 aromatic carbocycles. The molecule has 1 atom stereocenters. The van der Waals surface area contributed by atoms with Gasteiger partial charge in [0.15, 0.2) is 0 Å². The molecule has 0 saturated carbocycles. The molecular weight excluding hydrogens is 332 g/mol. The van der Waals surface area contributed by atoms with Crippen molar-refractivity contribution < 1.29 is 9.90 Å². The second-order valence-electron chi connectivity index (χ2n) is 4.71. The summed E-state index contributed by atoms with van der Waals surface area (Å²) in [7, 11) is 0. The molecule has 0 radical (unpaired) electrons. The third-order valence-corrected chi connectivity index (χ3v) is 3.43. The second kappa shape index (κ2) is 7.24. The van der Waals surface area contributed by atoms with Crippen molar-refractivity contribution in [1.29, 1.82) is 0 Å². The summed E-state index contributed by atoms with van der Waals surface area (Å²) in [5.41, 5.74) is 2.49. The highest BCUT2D eigenvalue weighted by atomic mass is 79.9. The number of benzene rings is 2. The molecule has 110 valence electrons. The van der Waals surface area contributed by atoms with Crippen molar-refractivity contribution >= 4 is 33.2 Å². The minimum atomic E-state index is -0.586. The van der Waals surface area contributed by atoms with Gasteiger partial charge in [0.2, 0.25) is 5.91 Å². The van der Waals surface area contributed by atoms with Gasteiger partial charge in [0.05, 0.1) is 6.10 Å². The number of carbonyl (C=O) groups excluding carboxylic acids is 1. The summed E-state index contributed by atoms with van der Waals surface area (Å²) in [6, 6.07) is 14.9. The van der Waals surface area contributed by atoms with E-state index in [9.17, 15) is 9.90 Å². The second-order valence-corrected chi connectivity index (χ2v) is 5.63. The molecule has 2 aromatic rings. The molecule has 21 heavy (non-hydrogen) atoms. The molecule has 0 heterocycles. The first-order valence-electron chi connectivity index (χ1n) is 6.59. The van der Waals surface area contributed by atoms with E-state index in [1.54, 1.807) is 0 Å². The minimum Gasteiger partial charge on any atom is -0.387 e. The van der Waals surface area contributed by atoms with E-state index in [0.717, 1.165) is 21.4 Å². The molecule has 1 amide bonds. The van der Waals surface area contributed by atoms with Crippen molar-refractivity contribution in [2.45, 2.75) is 13.0 Å². The maximum Gasteiger partial charge on any atom is 0.221 e. The normalized spacial score (nSPS) is 11.8. The van der Waals surface area contributed by atoms with Crippen LogP contribution in [0.3, 0.4) is 0 Å². The number of hydrogen-bond donors (Lipinski definition) is 3. The van der Waals surface area contributed by atoms with E-state index in [4.69, 9.17) is 0 Å². The van der Waals surface area contributed by atoms with E-state index in [1.165, 1.54) is 6.92 Å². The Morgan fingerprint density at radius 1 is 1.19 bits per heavy atom. The smallest absolute Gasteiger partial charge is 0.221 e. The Morgan fingerprint density at radius 2 is 1.86 bits per heavy atom. The highest BCUT2D eigenvalue weighted by molar-refractivity contribution is 9.10. The highest BCUT2D eigenvalue weighted by Crippen LogP contribution is 2.19. The van der Waals surface area contributed by atoms with Crippen molar-refractivity contribution in [3.05, 3.63) is 58.6 Å². The maximum atomic E-state index is 10.9. The van der Waals surface area contributed by atoms with Crippen LogP contribution in [0, 0.1) is 0 Å². The minimum absolute atomic E-state index is 0.0965. The third-order valence-electron chi connectivity index (χ3n) is 2.94. The maximum absolute atomic E-state index is 10.9. The topological polar surface area (TPSA) is 61.4 Å². The number of aliphatic hydroxyl groups excluding tert-OH is 1. The molecule has 1 unspecified atom stereocenters. The van der Waals surface area contributed by atoms with E-state index in [0.29, 0.717) is 6.54 Å². The summed E-state index contributed by atoms with van der Waals surface area (Å²) in [6.45, 7) is 1.89. The van der Waals surface area contributed by atoms with Crippen LogP contribution in [0.15, 0.2) is 53.0 Å². The van der Waals surface area contributed by atoms with Crippen LogP contribution >= 0.6 is 15.9 Å². The number of aliphatic hydroxyl groups is 1. The first-order valence-corrected chi connectivity index (χ1v) is 7.39. The van der Waals surface area contributed by atoms with Crippen LogP contribution in [0.1, 0.15) is 18.6 Å². The summed E-state index contributed by atoms with van der Waals surface area (Å²) >= 11 is 3.39. The first kappa shape index (κ1) is 15.5. The van der Waals surface area contributed by atoms with Gasteiger partial charge in [0.1, 0.15) is 0 Å². The van der Waals surface area contributed by atoms with Gasteiger partial charge in [-0.3, -0.25) is 4.79 Å². The molecule has 5 heteroatoms. The lowest BCUT2D eigenvalue weighted by atomic mass is 10.1. The van der Waals surface area contributed by atoms with Crippen LogP contribution in [-0.4, -0.2) is 17.6 Å². The predicted octanol–water partition coefficient (Wildman–Crippen LogP) is 3.55. The fourth-order valence-electron chi connectivity index (χ4n) is 1.92. The van der Waals surface area contributed by atoms with Gasteiger partial charge >= 0.3 is 0 Å². The fraction of sp³-hybridized carbons (Fsp3) is 0.188. The van der Waals surface area contributed by atoms with Crippen LogP contribution in [0.4, 0.5) is 11.4 Å². The zero-order valence-corrected chi connectivity index (χ0v) is 13.2. The monoisotopic (exact) mass is 348 g/mol. The van der Waals surface area contributed by atoms with Crippen molar-refractivity contribution in [3.63, 3.8) is 0 Å². The molecule has 3 N–H and O–H groups in total. The lowest BCUT2D eigenvalue weighted by Crippen LogP contribution is -2.12. The Morgan fingerprint density at radius 3 is 2.48 bits per heavy atom. The summed E-state index contributed by atoms with van der Waals surface area (Å²) in [5, 5.41) is 16.0. The summed E-state index contributed by atoms with van der Waals surface area (Å²) < 4.78 is 0.943. The SMILES string of the molecule is CC(=O)Nc1ccc(NCC(O)c2cccc(Br)c2)cc1. The van der Waals surface area contributed by atoms with E-state index in [-0.39, 0.29) is 5.91 Å². The lowest BCUT2D eigenvalue weighted by molar-refractivity contribution is -0.114. The Hall–Kier alpha value is -1.85. The van der Waals surface area contributed by atoms with Gasteiger partial charge in [0, 0.05) is 29.3 Å². The predicted molar refractivity (Wildman–Crippen MR) is 88.3 cm³/mol. The largest absolute Gasteiger partial charge is 0.387 e. The number of hydrogen-bond acceptors (Lipinski definition) is 3. The number of nitrogens with one attached hydrogen (secondary N) is 2. The van der Waals surface area contributed by atoms with E-state index in [2.05, 4.69) is 26.6 Å². The van der Waals surface area contributed by atoms with Crippen molar-refractivity contribution in [3.8, 4) is 0 Å². The van der Waals surface area contributed by atoms with Gasteiger partial charge in [-0.25, -0.2) is 0 Å². The number of amides is 1. The summed E-state index contributed by atoms with van der Waals surface area (Å²) in [6.07, 6.45) is -0.586. The fourth-order valence-corrected chi connectivity index (χ4v) is 2.34. The summed E-state index contributed by atoms with van der Waals surface area (Å²) in [5.74, 6) is -0.0965. The van der Waals surface area contributed by atoms with Crippen LogP contribution in [0.5, 0.6) is 0 Å². The van der Waals surface area contributed by atoms with Crippen molar-refractivity contribution in [2.24, 2.45) is 0 Å². The Labute approximate surface area is 132 Å². The van der Waals surface area contributed by atoms with Crippen LogP contribution < -0.4 is 10.6 Å². The Balaban J connectivity index is 1.92. The Kier molecular flexibility index (Phi) is 5.36. The van der Waals surface area contributed by atoms with E-state index >= 15 is 0 Å². The first-order chi connectivity index (χ1) is 10.0. The van der Waals surface area contributed by atoms with Crippen LogP contribution in [0.2, 0.25) is 0 Å². The molecule has 0 fully saturated rings. The third kappa shape index (κ3) is 4.88. The number of halogens is 1. The van der Waals surface area contributed by atoms with Crippen LogP contribution in [-0.2, 0) is 4.79 Å². The zero-order valence-electron chi connectivity index (χ0n) is 11.6. The Bertz CT molecular complexity index is 614. The van der Waals surface area contributed by atoms with Gasteiger partial charge in [-0.05, 0) is 42.0 Å². The summed E-state index contributed by atoms with van der Waals surface area (Å²) in [4.78, 5) is 10.9. The molecule has 0 bridgehead atoms. The molecule has 0 aromatic heterocycles. The average molecular weight is 349 g/mol. The number of carbonyl (C=O) groups is 1. The van der Waals surface area contributed by atoms with Gasteiger partial charge in [0.25, 0.3) is 0 Å². The standard InChI is InChI=1S/C16H17BrN2O2/c1-11(20)19-15-7-5-14(6-8-15)18-10-16(21)12-3-2-4-13(17)9-12/h2-9,16,18,21H,10H2,1H3,(H,19,20). The van der Waals surface area contributed by atoms with Gasteiger partial charge in [-0.15, -0.1) is 0 Å². The number of rotatable bonds is 5. The van der Waals surface area contributed by atoms with E-state index in [1.807, 2.05) is 48.5 Å². The molecule has 0 aliphatic heterocycles. The zero-order chi connectivity index (χ0) is 15.2. The van der Waals surface area contributed by atoms with E-state index < -0.39 is 6.10 Å². The van der Waals surface area contributed by atoms with Gasteiger partial charge in [-0.2, -0.15) is 0 Å². The average Bonchev–Trinajstić information content (AvgIpc) is 2.45. The molecule has 2 rings (SSSR count). The molecule has 0 aliphatic rings. The molecule has 0 aliphatic carbocycles. The number of anilines is 2.